The van der Waals surface area contributed by atoms with Crippen molar-refractivity contribution in [3.8, 4) is 0 Å². The fourth-order valence-corrected chi connectivity index (χ4v) is 1.53. The van der Waals surface area contributed by atoms with Crippen LogP contribution in [0.15, 0.2) is 35.1 Å². The van der Waals surface area contributed by atoms with Crippen LogP contribution in [0.25, 0.3) is 0 Å². The van der Waals surface area contributed by atoms with E-state index in [1.807, 2.05) is 23.7 Å². The van der Waals surface area contributed by atoms with Gasteiger partial charge in [-0.2, -0.15) is 5.10 Å². The number of hydrogen-bond acceptors (Lipinski definition) is 3. The molecule has 0 saturated heterocycles. The van der Waals surface area contributed by atoms with Crippen LogP contribution < -0.4 is 5.32 Å². The van der Waals surface area contributed by atoms with Gasteiger partial charge in [-0.1, -0.05) is 0 Å². The molecule has 17 heavy (non-hydrogen) atoms. The van der Waals surface area contributed by atoms with Gasteiger partial charge in [0.25, 0.3) is 0 Å². The van der Waals surface area contributed by atoms with E-state index < -0.39 is 0 Å². The van der Waals surface area contributed by atoms with Crippen molar-refractivity contribution in [2.24, 2.45) is 0 Å². The maximum Gasteiger partial charge on any atom is 0.222 e. The first-order chi connectivity index (χ1) is 8.25. The zero-order valence-corrected chi connectivity index (χ0v) is 9.72. The molecule has 2 rings (SSSR count). The van der Waals surface area contributed by atoms with E-state index in [2.05, 4.69) is 10.4 Å². The Balaban J connectivity index is 1.73. The lowest BCUT2D eigenvalue weighted by Gasteiger charge is -2.05. The van der Waals surface area contributed by atoms with Crippen LogP contribution in [0.4, 0.5) is 0 Å². The number of aryl methyl sites for hydroxylation is 2. The first-order valence-corrected chi connectivity index (χ1v) is 5.53. The van der Waals surface area contributed by atoms with Crippen molar-refractivity contribution in [1.29, 1.82) is 0 Å². The van der Waals surface area contributed by atoms with Crippen molar-refractivity contribution in [1.82, 2.24) is 15.1 Å². The third-order valence-corrected chi connectivity index (χ3v) is 2.52. The maximum atomic E-state index is 11.6. The molecular formula is C12H15N3O2. The molecule has 0 unspecified atom stereocenters. The standard InChI is InChI=1S/C12H15N3O2/c1-10-4-6-14-15(10)7-5-12(16)13-9-11-3-2-8-17-11/h2-4,6,8H,5,7,9H2,1H3,(H,13,16). The molecule has 2 aromatic rings. The second-order valence-electron chi connectivity index (χ2n) is 3.80. The summed E-state index contributed by atoms with van der Waals surface area (Å²) >= 11 is 0. The van der Waals surface area contributed by atoms with Gasteiger partial charge < -0.3 is 9.73 Å². The molecule has 1 N–H and O–H groups in total. The van der Waals surface area contributed by atoms with Gasteiger partial charge in [0.15, 0.2) is 0 Å². The molecule has 0 aliphatic heterocycles. The minimum absolute atomic E-state index is 0.00343. The third-order valence-electron chi connectivity index (χ3n) is 2.52. The molecule has 0 bridgehead atoms. The molecule has 0 atom stereocenters. The summed E-state index contributed by atoms with van der Waals surface area (Å²) in [5, 5.41) is 6.91. The Morgan fingerprint density at radius 2 is 2.41 bits per heavy atom. The van der Waals surface area contributed by atoms with Crippen LogP contribution in [-0.2, 0) is 17.9 Å². The Morgan fingerprint density at radius 3 is 3.06 bits per heavy atom. The van der Waals surface area contributed by atoms with E-state index in [1.54, 1.807) is 18.5 Å². The Bertz CT molecular complexity index is 474. The first-order valence-electron chi connectivity index (χ1n) is 5.53. The number of amides is 1. The number of rotatable bonds is 5. The second-order valence-corrected chi connectivity index (χ2v) is 3.80. The van der Waals surface area contributed by atoms with E-state index in [9.17, 15) is 4.79 Å². The lowest BCUT2D eigenvalue weighted by atomic mass is 10.3. The first kappa shape index (κ1) is 11.4. The van der Waals surface area contributed by atoms with Crippen LogP contribution >= 0.6 is 0 Å². The van der Waals surface area contributed by atoms with Gasteiger partial charge in [-0.3, -0.25) is 9.48 Å². The molecule has 1 amide bonds. The van der Waals surface area contributed by atoms with E-state index in [0.717, 1.165) is 11.5 Å². The van der Waals surface area contributed by atoms with Crippen molar-refractivity contribution in [3.63, 3.8) is 0 Å². The third kappa shape index (κ3) is 3.21. The largest absolute Gasteiger partial charge is 0.467 e. The molecule has 0 spiro atoms. The van der Waals surface area contributed by atoms with Gasteiger partial charge >= 0.3 is 0 Å². The van der Waals surface area contributed by atoms with E-state index in [-0.39, 0.29) is 5.91 Å². The molecule has 2 heterocycles. The lowest BCUT2D eigenvalue weighted by molar-refractivity contribution is -0.121. The van der Waals surface area contributed by atoms with Crippen LogP contribution in [0.2, 0.25) is 0 Å². The zero-order chi connectivity index (χ0) is 12.1. The predicted molar refractivity (Wildman–Crippen MR) is 62.1 cm³/mol. The predicted octanol–water partition coefficient (Wildman–Crippen LogP) is 1.49. The van der Waals surface area contributed by atoms with Crippen LogP contribution in [0.1, 0.15) is 17.9 Å². The normalized spacial score (nSPS) is 10.4. The summed E-state index contributed by atoms with van der Waals surface area (Å²) in [7, 11) is 0. The molecule has 0 aliphatic carbocycles. The molecule has 0 aromatic carbocycles. The zero-order valence-electron chi connectivity index (χ0n) is 9.72. The highest BCUT2D eigenvalue weighted by Crippen LogP contribution is 2.00. The number of carbonyl (C=O) groups excluding carboxylic acids is 1. The fraction of sp³-hybridized carbons (Fsp3) is 0.333. The van der Waals surface area contributed by atoms with Crippen molar-refractivity contribution >= 4 is 5.91 Å². The Labute approximate surface area is 99.4 Å². The molecule has 0 saturated carbocycles. The summed E-state index contributed by atoms with van der Waals surface area (Å²) in [4.78, 5) is 11.6. The Hall–Kier alpha value is -2.04. The van der Waals surface area contributed by atoms with E-state index in [4.69, 9.17) is 4.42 Å². The van der Waals surface area contributed by atoms with Crippen molar-refractivity contribution in [2.75, 3.05) is 0 Å². The minimum atomic E-state index is -0.00343. The average Bonchev–Trinajstić information content (AvgIpc) is 2.95. The van der Waals surface area contributed by atoms with E-state index in [0.29, 0.717) is 19.5 Å². The van der Waals surface area contributed by atoms with Gasteiger partial charge in [0.05, 0.1) is 12.8 Å². The van der Waals surface area contributed by atoms with E-state index in [1.165, 1.54) is 0 Å². The van der Waals surface area contributed by atoms with Crippen LogP contribution in [0.5, 0.6) is 0 Å². The van der Waals surface area contributed by atoms with Crippen molar-refractivity contribution < 1.29 is 9.21 Å². The van der Waals surface area contributed by atoms with Gasteiger partial charge in [0, 0.05) is 24.9 Å². The molecule has 90 valence electrons. The molecule has 5 heteroatoms. The monoisotopic (exact) mass is 233 g/mol. The van der Waals surface area contributed by atoms with Gasteiger partial charge in [0.1, 0.15) is 5.76 Å². The minimum Gasteiger partial charge on any atom is -0.467 e. The summed E-state index contributed by atoms with van der Waals surface area (Å²) in [5.74, 6) is 0.755. The Morgan fingerprint density at radius 1 is 1.53 bits per heavy atom. The lowest BCUT2D eigenvalue weighted by Crippen LogP contribution is -2.24. The smallest absolute Gasteiger partial charge is 0.222 e. The van der Waals surface area contributed by atoms with Gasteiger partial charge in [-0.15, -0.1) is 0 Å². The molecular weight excluding hydrogens is 218 g/mol. The number of nitrogens with one attached hydrogen (secondary N) is 1. The summed E-state index contributed by atoms with van der Waals surface area (Å²) in [6.45, 7) is 3.00. The van der Waals surface area contributed by atoms with Crippen molar-refractivity contribution in [3.05, 3.63) is 42.1 Å². The number of furan rings is 1. The second kappa shape index (κ2) is 5.34. The molecule has 0 radical (unpaired) electrons. The highest BCUT2D eigenvalue weighted by Gasteiger charge is 2.04. The topological polar surface area (TPSA) is 60.1 Å². The fourth-order valence-electron chi connectivity index (χ4n) is 1.53. The molecule has 0 aliphatic rings. The van der Waals surface area contributed by atoms with E-state index >= 15 is 0 Å². The Kier molecular flexibility index (Phi) is 3.59. The SMILES string of the molecule is Cc1ccnn1CCC(=O)NCc1ccco1. The maximum absolute atomic E-state index is 11.6. The number of carbonyl (C=O) groups is 1. The van der Waals surface area contributed by atoms with Gasteiger partial charge in [-0.25, -0.2) is 0 Å². The van der Waals surface area contributed by atoms with Crippen LogP contribution in [0.3, 0.4) is 0 Å². The van der Waals surface area contributed by atoms with Crippen LogP contribution in [0, 0.1) is 6.92 Å². The number of hydrogen-bond donors (Lipinski definition) is 1. The van der Waals surface area contributed by atoms with Crippen molar-refractivity contribution in [2.45, 2.75) is 26.4 Å². The summed E-state index contributed by atoms with van der Waals surface area (Å²) < 4.78 is 6.93. The molecule has 2 aromatic heterocycles. The highest BCUT2D eigenvalue weighted by molar-refractivity contribution is 5.75. The highest BCUT2D eigenvalue weighted by atomic mass is 16.3. The summed E-state index contributed by atoms with van der Waals surface area (Å²) in [6.07, 6.45) is 3.74. The number of nitrogens with zero attached hydrogens (tertiary/aromatic N) is 2. The summed E-state index contributed by atoms with van der Waals surface area (Å²) in [5.41, 5.74) is 1.06. The summed E-state index contributed by atoms with van der Waals surface area (Å²) in [6, 6.07) is 5.55. The average molecular weight is 233 g/mol. The number of aromatic nitrogens is 2. The molecule has 0 fully saturated rings. The van der Waals surface area contributed by atoms with Gasteiger partial charge in [0.2, 0.25) is 5.91 Å². The quantitative estimate of drug-likeness (QED) is 0.851. The molecule has 5 nitrogen and oxygen atoms in total. The van der Waals surface area contributed by atoms with Crippen LogP contribution in [-0.4, -0.2) is 15.7 Å². The van der Waals surface area contributed by atoms with Gasteiger partial charge in [-0.05, 0) is 25.1 Å².